The van der Waals surface area contributed by atoms with Gasteiger partial charge in [-0.3, -0.25) is 0 Å². The molecule has 2 N–H and O–H groups in total. The van der Waals surface area contributed by atoms with E-state index in [1.807, 2.05) is 0 Å². The second-order valence-corrected chi connectivity index (χ2v) is 0. The molecular weight excluding hydrogens is 172 g/mol. The largest absolute Gasteiger partial charge is 0.412 e. The standard InChI is InChI=1S/Cr.K.H2O.Zn/h;;1H2;. The minimum absolute atomic E-state index is 0. The van der Waals surface area contributed by atoms with Gasteiger partial charge >= 0.3 is 0 Å². The topological polar surface area (TPSA) is 31.5 Å². The smallest absolute Gasteiger partial charge is 0 e. The van der Waals surface area contributed by atoms with E-state index in [1.54, 1.807) is 0 Å². The van der Waals surface area contributed by atoms with Crippen molar-refractivity contribution in [2.45, 2.75) is 0 Å². The van der Waals surface area contributed by atoms with Crippen molar-refractivity contribution >= 4 is 51.4 Å². The third kappa shape index (κ3) is 8.83. The average molecular weight is 174 g/mol. The molecule has 4 heavy (non-hydrogen) atoms. The van der Waals surface area contributed by atoms with Gasteiger partial charge < -0.3 is 5.48 Å². The van der Waals surface area contributed by atoms with Crippen LogP contribution >= 0.6 is 0 Å². The Morgan fingerprint density at radius 3 is 1.00 bits per heavy atom. The third-order valence-corrected chi connectivity index (χ3v) is 0. The molecule has 0 unspecified atom stereocenters. The minimum atomic E-state index is 0. The molecule has 0 rings (SSSR count). The fourth-order valence-corrected chi connectivity index (χ4v) is 0. The van der Waals surface area contributed by atoms with Gasteiger partial charge in [0.15, 0.2) is 0 Å². The summed E-state index contributed by atoms with van der Waals surface area (Å²) in [6.07, 6.45) is 0. The quantitative estimate of drug-likeness (QED) is 0.413. The van der Waals surface area contributed by atoms with Crippen LogP contribution in [-0.2, 0) is 36.8 Å². The van der Waals surface area contributed by atoms with Gasteiger partial charge in [-0.25, -0.2) is 0 Å². The molecule has 0 aliphatic rings. The Balaban J connectivity index is 0. The van der Waals surface area contributed by atoms with E-state index < -0.39 is 0 Å². The second-order valence-electron chi connectivity index (χ2n) is 0. The fourth-order valence-electron chi connectivity index (χ4n) is 0. The van der Waals surface area contributed by atoms with Crippen LogP contribution in [0.2, 0.25) is 0 Å². The average Bonchev–Trinajstić information content (AvgIpc) is 0. The zero-order valence-corrected chi connectivity index (χ0v) is 9.98. The van der Waals surface area contributed by atoms with Crippen molar-refractivity contribution in [3.8, 4) is 0 Å². The predicted molar refractivity (Wildman–Crippen MR) is 9.37 cm³/mol. The maximum absolute atomic E-state index is 0. The summed E-state index contributed by atoms with van der Waals surface area (Å²) in [5, 5.41) is 0. The predicted octanol–water partition coefficient (Wildman–Crippen LogP) is -1.21. The molecule has 0 aliphatic heterocycles. The number of rotatable bonds is 0. The van der Waals surface area contributed by atoms with E-state index in [9.17, 15) is 0 Å². The molecule has 0 aliphatic carbocycles. The van der Waals surface area contributed by atoms with E-state index in [1.165, 1.54) is 0 Å². The molecule has 0 aromatic rings. The van der Waals surface area contributed by atoms with Gasteiger partial charge in [0.2, 0.25) is 0 Å². The Bertz CT molecular complexity index is 8.00. The van der Waals surface area contributed by atoms with Crippen molar-refractivity contribution in [1.29, 1.82) is 0 Å². The first-order chi connectivity index (χ1) is 0. The molecule has 17 valence electrons. The second kappa shape index (κ2) is 17.1. The Morgan fingerprint density at radius 1 is 1.00 bits per heavy atom. The van der Waals surface area contributed by atoms with Gasteiger partial charge in [-0.2, -0.15) is 0 Å². The van der Waals surface area contributed by atoms with Crippen molar-refractivity contribution in [2.24, 2.45) is 0 Å². The Hall–Kier alpha value is 2.75. The number of hydrogen-bond acceptors (Lipinski definition) is 0. The van der Waals surface area contributed by atoms with Crippen LogP contribution in [0.5, 0.6) is 0 Å². The maximum Gasteiger partial charge on any atom is 0 e. The van der Waals surface area contributed by atoms with Crippen molar-refractivity contribution in [2.75, 3.05) is 0 Å². The van der Waals surface area contributed by atoms with Crippen LogP contribution in [0, 0.1) is 0 Å². The first kappa shape index (κ1) is 29.5. The van der Waals surface area contributed by atoms with E-state index >= 15 is 0 Å². The zero-order valence-electron chi connectivity index (χ0n) is 2.62. The Morgan fingerprint density at radius 2 is 1.00 bits per heavy atom. The van der Waals surface area contributed by atoms with Gasteiger partial charge in [0.25, 0.3) is 0 Å². The van der Waals surface area contributed by atoms with E-state index in [0.29, 0.717) is 0 Å². The van der Waals surface area contributed by atoms with Gasteiger partial charge in [0.1, 0.15) is 0 Å². The summed E-state index contributed by atoms with van der Waals surface area (Å²) in [4.78, 5) is 0. The SMILES string of the molecule is O.[Cr].[K].[Zn]. The van der Waals surface area contributed by atoms with Gasteiger partial charge in [-0.1, -0.05) is 0 Å². The monoisotopic (exact) mass is 173 g/mol. The van der Waals surface area contributed by atoms with Crippen molar-refractivity contribution in [1.82, 2.24) is 0 Å². The molecule has 4 heteroatoms. The normalized spacial score (nSPS) is 0. The zero-order chi connectivity index (χ0) is 0. The van der Waals surface area contributed by atoms with Crippen LogP contribution in [-0.4, -0.2) is 56.9 Å². The van der Waals surface area contributed by atoms with Crippen LogP contribution in [0.3, 0.4) is 0 Å². The summed E-state index contributed by atoms with van der Waals surface area (Å²) in [5.74, 6) is 0. The van der Waals surface area contributed by atoms with Crippen LogP contribution < -0.4 is 0 Å². The Kier molecular flexibility index (Phi) is 126. The van der Waals surface area contributed by atoms with E-state index in [4.69, 9.17) is 0 Å². The van der Waals surface area contributed by atoms with Crippen LogP contribution in [0.25, 0.3) is 0 Å². The van der Waals surface area contributed by atoms with Crippen LogP contribution in [0.15, 0.2) is 0 Å². The van der Waals surface area contributed by atoms with Gasteiger partial charge in [0.05, 0.1) is 0 Å². The van der Waals surface area contributed by atoms with Gasteiger partial charge in [0, 0.05) is 88.2 Å². The molecule has 0 spiro atoms. The molecular formula is H2CrKOZn. The molecule has 1 radical (unpaired) electrons. The van der Waals surface area contributed by atoms with Crippen molar-refractivity contribution in [3.05, 3.63) is 0 Å². The summed E-state index contributed by atoms with van der Waals surface area (Å²) in [7, 11) is 0. The molecule has 0 heterocycles. The van der Waals surface area contributed by atoms with Crippen LogP contribution in [0.4, 0.5) is 0 Å². The molecule has 0 saturated heterocycles. The molecule has 0 atom stereocenters. The molecule has 0 saturated carbocycles. The summed E-state index contributed by atoms with van der Waals surface area (Å²) in [6.45, 7) is 0. The van der Waals surface area contributed by atoms with Crippen molar-refractivity contribution < 1.29 is 42.3 Å². The van der Waals surface area contributed by atoms with Crippen molar-refractivity contribution in [3.63, 3.8) is 0 Å². The van der Waals surface area contributed by atoms with E-state index in [0.717, 1.165) is 0 Å². The first-order valence-corrected chi connectivity index (χ1v) is 0. The maximum atomic E-state index is 0. The third-order valence-electron chi connectivity index (χ3n) is 0. The Labute approximate surface area is 91.5 Å². The molecule has 0 bridgehead atoms. The summed E-state index contributed by atoms with van der Waals surface area (Å²) >= 11 is 0. The van der Waals surface area contributed by atoms with Crippen LogP contribution in [0.1, 0.15) is 0 Å². The van der Waals surface area contributed by atoms with Gasteiger partial charge in [-0.05, 0) is 0 Å². The van der Waals surface area contributed by atoms with Gasteiger partial charge in [-0.15, -0.1) is 0 Å². The first-order valence-electron chi connectivity index (χ1n) is 0. The molecule has 0 amide bonds. The molecule has 0 aromatic carbocycles. The molecule has 0 aromatic heterocycles. The number of hydrogen-bond donors (Lipinski definition) is 0. The summed E-state index contributed by atoms with van der Waals surface area (Å²) in [5.41, 5.74) is 0. The van der Waals surface area contributed by atoms with E-state index in [-0.39, 0.29) is 93.7 Å². The van der Waals surface area contributed by atoms with E-state index in [2.05, 4.69) is 0 Å². The summed E-state index contributed by atoms with van der Waals surface area (Å²) in [6, 6.07) is 0. The molecule has 1 nitrogen and oxygen atoms in total. The fraction of sp³-hybridized carbons (Fsp3) is 0. The molecule has 0 fully saturated rings. The minimum Gasteiger partial charge on any atom is -0.412 e. The summed E-state index contributed by atoms with van der Waals surface area (Å²) < 4.78 is 0.